The molecular formula is C15H20N2O6. The van der Waals surface area contributed by atoms with Gasteiger partial charge in [-0.05, 0) is 13.0 Å². The lowest BCUT2D eigenvalue weighted by atomic mass is 10.1. The Kier molecular flexibility index (Phi) is 7.01. The van der Waals surface area contributed by atoms with Crippen LogP contribution in [-0.4, -0.2) is 38.3 Å². The SMILES string of the molecule is C=C(C)C(=O)OCCNCc1cc(OC)c(OC)cc1[N+](=O)[O-]. The van der Waals surface area contributed by atoms with Gasteiger partial charge in [-0.2, -0.15) is 0 Å². The molecule has 0 saturated carbocycles. The number of hydrogen-bond donors (Lipinski definition) is 1. The molecule has 126 valence electrons. The van der Waals surface area contributed by atoms with Crippen molar-refractivity contribution in [2.24, 2.45) is 0 Å². The molecule has 0 fully saturated rings. The third-order valence-electron chi connectivity index (χ3n) is 2.96. The van der Waals surface area contributed by atoms with Crippen molar-refractivity contribution in [3.05, 3.63) is 40.0 Å². The number of nitro groups is 1. The highest BCUT2D eigenvalue weighted by Gasteiger charge is 2.19. The van der Waals surface area contributed by atoms with Gasteiger partial charge >= 0.3 is 5.97 Å². The molecule has 0 unspecified atom stereocenters. The molecule has 8 nitrogen and oxygen atoms in total. The molecular weight excluding hydrogens is 304 g/mol. The summed E-state index contributed by atoms with van der Waals surface area (Å²) in [6.07, 6.45) is 0. The molecule has 0 aliphatic heterocycles. The van der Waals surface area contributed by atoms with Crippen molar-refractivity contribution in [2.75, 3.05) is 27.4 Å². The van der Waals surface area contributed by atoms with E-state index < -0.39 is 10.9 Å². The molecule has 1 rings (SSSR count). The van der Waals surface area contributed by atoms with E-state index >= 15 is 0 Å². The highest BCUT2D eigenvalue weighted by Crippen LogP contribution is 2.34. The summed E-state index contributed by atoms with van der Waals surface area (Å²) < 4.78 is 15.1. The van der Waals surface area contributed by atoms with Crippen LogP contribution >= 0.6 is 0 Å². The van der Waals surface area contributed by atoms with Crippen molar-refractivity contribution in [2.45, 2.75) is 13.5 Å². The van der Waals surface area contributed by atoms with Crippen LogP contribution in [-0.2, 0) is 16.1 Å². The van der Waals surface area contributed by atoms with E-state index in [1.807, 2.05) is 0 Å². The molecule has 23 heavy (non-hydrogen) atoms. The number of methoxy groups -OCH3 is 2. The van der Waals surface area contributed by atoms with Crippen LogP contribution in [0.1, 0.15) is 12.5 Å². The summed E-state index contributed by atoms with van der Waals surface area (Å²) in [6, 6.07) is 2.86. The quantitative estimate of drug-likeness (QED) is 0.243. The average molecular weight is 324 g/mol. The molecule has 0 radical (unpaired) electrons. The molecule has 1 aromatic carbocycles. The number of ether oxygens (including phenoxy) is 3. The second-order valence-corrected chi connectivity index (χ2v) is 4.69. The van der Waals surface area contributed by atoms with Gasteiger partial charge < -0.3 is 19.5 Å². The van der Waals surface area contributed by atoms with Gasteiger partial charge in [0.1, 0.15) is 6.61 Å². The minimum absolute atomic E-state index is 0.0749. The summed E-state index contributed by atoms with van der Waals surface area (Å²) in [6.45, 7) is 5.75. The fourth-order valence-electron chi connectivity index (χ4n) is 1.78. The maximum Gasteiger partial charge on any atom is 0.333 e. The fourth-order valence-corrected chi connectivity index (χ4v) is 1.78. The van der Waals surface area contributed by atoms with Gasteiger partial charge in [0.25, 0.3) is 5.69 Å². The summed E-state index contributed by atoms with van der Waals surface area (Å²) in [7, 11) is 2.87. The van der Waals surface area contributed by atoms with E-state index in [0.717, 1.165) is 0 Å². The molecule has 0 atom stereocenters. The average Bonchev–Trinajstić information content (AvgIpc) is 2.53. The van der Waals surface area contributed by atoms with E-state index in [1.165, 1.54) is 20.3 Å². The summed E-state index contributed by atoms with van der Waals surface area (Å²) in [5, 5.41) is 14.1. The van der Waals surface area contributed by atoms with Crippen LogP contribution in [0.25, 0.3) is 0 Å². The van der Waals surface area contributed by atoms with Crippen molar-refractivity contribution in [3.63, 3.8) is 0 Å². The monoisotopic (exact) mass is 324 g/mol. The molecule has 1 N–H and O–H groups in total. The van der Waals surface area contributed by atoms with Crippen LogP contribution in [0.5, 0.6) is 11.5 Å². The summed E-state index contributed by atoms with van der Waals surface area (Å²) in [5.74, 6) is 0.228. The van der Waals surface area contributed by atoms with Gasteiger partial charge in [-0.3, -0.25) is 10.1 Å². The molecule has 0 aromatic heterocycles. The Bertz CT molecular complexity index is 600. The Balaban J connectivity index is 2.70. The number of esters is 1. The zero-order valence-electron chi connectivity index (χ0n) is 13.4. The maximum absolute atomic E-state index is 11.2. The first kappa shape index (κ1) is 18.4. The van der Waals surface area contributed by atoms with E-state index in [-0.39, 0.29) is 18.8 Å². The third kappa shape index (κ3) is 5.26. The summed E-state index contributed by atoms with van der Waals surface area (Å²) in [5.41, 5.74) is 0.688. The second kappa shape index (κ2) is 8.74. The van der Waals surface area contributed by atoms with Gasteiger partial charge in [0, 0.05) is 24.2 Å². The van der Waals surface area contributed by atoms with Crippen LogP contribution in [0.2, 0.25) is 0 Å². The van der Waals surface area contributed by atoms with Crippen molar-refractivity contribution >= 4 is 11.7 Å². The Labute approximate surface area is 134 Å². The van der Waals surface area contributed by atoms with Crippen LogP contribution in [0.4, 0.5) is 5.69 Å². The van der Waals surface area contributed by atoms with E-state index in [4.69, 9.17) is 14.2 Å². The highest BCUT2D eigenvalue weighted by atomic mass is 16.6. The molecule has 0 heterocycles. The lowest BCUT2D eigenvalue weighted by Crippen LogP contribution is -2.21. The predicted octanol–water partition coefficient (Wildman–Crippen LogP) is 1.82. The topological polar surface area (TPSA) is 99.9 Å². The Morgan fingerprint density at radius 3 is 2.43 bits per heavy atom. The standard InChI is InChI=1S/C15H20N2O6/c1-10(2)15(18)23-6-5-16-9-11-7-13(21-3)14(22-4)8-12(11)17(19)20/h7-8,16H,1,5-6,9H2,2-4H3. The van der Waals surface area contributed by atoms with E-state index in [9.17, 15) is 14.9 Å². The maximum atomic E-state index is 11.2. The summed E-state index contributed by atoms with van der Waals surface area (Å²) >= 11 is 0. The number of nitrogens with one attached hydrogen (secondary N) is 1. The molecule has 8 heteroatoms. The first-order chi connectivity index (χ1) is 10.9. The van der Waals surface area contributed by atoms with Crippen molar-refractivity contribution in [1.82, 2.24) is 5.32 Å². The minimum atomic E-state index is -0.486. The predicted molar refractivity (Wildman–Crippen MR) is 83.7 cm³/mol. The van der Waals surface area contributed by atoms with Gasteiger partial charge in [0.05, 0.1) is 25.2 Å². The highest BCUT2D eigenvalue weighted by molar-refractivity contribution is 5.86. The molecule has 0 aliphatic rings. The second-order valence-electron chi connectivity index (χ2n) is 4.69. The van der Waals surface area contributed by atoms with Crippen molar-refractivity contribution in [3.8, 4) is 11.5 Å². The molecule has 0 bridgehead atoms. The molecule has 0 saturated heterocycles. The zero-order valence-corrected chi connectivity index (χ0v) is 13.4. The van der Waals surface area contributed by atoms with Crippen molar-refractivity contribution in [1.29, 1.82) is 0 Å². The molecule has 1 aromatic rings. The van der Waals surface area contributed by atoms with E-state index in [1.54, 1.807) is 13.0 Å². The Morgan fingerprint density at radius 2 is 1.91 bits per heavy atom. The van der Waals surface area contributed by atoms with Crippen LogP contribution in [0, 0.1) is 10.1 Å². The third-order valence-corrected chi connectivity index (χ3v) is 2.96. The van der Waals surface area contributed by atoms with E-state index in [2.05, 4.69) is 11.9 Å². The number of nitrogens with zero attached hydrogens (tertiary/aromatic N) is 1. The largest absolute Gasteiger partial charge is 0.493 e. The lowest BCUT2D eigenvalue weighted by molar-refractivity contribution is -0.385. The molecule has 0 spiro atoms. The van der Waals surface area contributed by atoms with Crippen molar-refractivity contribution < 1.29 is 23.9 Å². The minimum Gasteiger partial charge on any atom is -0.493 e. The number of nitro benzene ring substituents is 1. The van der Waals surface area contributed by atoms with Gasteiger partial charge in [0.15, 0.2) is 11.5 Å². The lowest BCUT2D eigenvalue weighted by Gasteiger charge is -2.11. The van der Waals surface area contributed by atoms with Crippen LogP contribution in [0.15, 0.2) is 24.3 Å². The van der Waals surface area contributed by atoms with E-state index in [0.29, 0.717) is 29.2 Å². The summed E-state index contributed by atoms with van der Waals surface area (Å²) in [4.78, 5) is 21.9. The Morgan fingerprint density at radius 1 is 1.30 bits per heavy atom. The number of rotatable bonds is 9. The smallest absolute Gasteiger partial charge is 0.333 e. The van der Waals surface area contributed by atoms with Gasteiger partial charge in [-0.25, -0.2) is 4.79 Å². The fraction of sp³-hybridized carbons (Fsp3) is 0.400. The van der Waals surface area contributed by atoms with Gasteiger partial charge in [0.2, 0.25) is 0 Å². The number of hydrogen-bond acceptors (Lipinski definition) is 7. The first-order valence-electron chi connectivity index (χ1n) is 6.83. The number of benzene rings is 1. The normalized spacial score (nSPS) is 10.0. The number of carbonyl (C=O) groups is 1. The van der Waals surface area contributed by atoms with Gasteiger partial charge in [-0.15, -0.1) is 0 Å². The molecule has 0 amide bonds. The van der Waals surface area contributed by atoms with Gasteiger partial charge in [-0.1, -0.05) is 6.58 Å². The van der Waals surface area contributed by atoms with Crippen LogP contribution < -0.4 is 14.8 Å². The number of carbonyl (C=O) groups excluding carboxylic acids is 1. The zero-order chi connectivity index (χ0) is 17.4. The van der Waals surface area contributed by atoms with Crippen LogP contribution in [0.3, 0.4) is 0 Å². The first-order valence-corrected chi connectivity index (χ1v) is 6.83. The Hall–Kier alpha value is -2.61. The molecule has 0 aliphatic carbocycles.